The average molecular weight is 263 g/mol. The van der Waals surface area contributed by atoms with Crippen molar-refractivity contribution < 1.29 is 14.3 Å². The topological polar surface area (TPSA) is 47.6 Å². The van der Waals surface area contributed by atoms with Crippen molar-refractivity contribution in [3.05, 3.63) is 35.9 Å². The molecule has 1 heterocycles. The van der Waals surface area contributed by atoms with Crippen LogP contribution in [0.1, 0.15) is 24.4 Å². The van der Waals surface area contributed by atoms with E-state index in [2.05, 4.69) is 5.32 Å². The Hall–Kier alpha value is -1.39. The lowest BCUT2D eigenvalue weighted by molar-refractivity contribution is -0.143. The van der Waals surface area contributed by atoms with Gasteiger partial charge in [-0.2, -0.15) is 0 Å². The monoisotopic (exact) mass is 263 g/mol. The molecular formula is C15H21NO3. The van der Waals surface area contributed by atoms with Gasteiger partial charge in [-0.1, -0.05) is 30.3 Å². The van der Waals surface area contributed by atoms with Gasteiger partial charge in [0.1, 0.15) is 6.04 Å². The van der Waals surface area contributed by atoms with E-state index < -0.39 is 6.04 Å². The molecule has 19 heavy (non-hydrogen) atoms. The minimum absolute atomic E-state index is 0.247. The lowest BCUT2D eigenvalue weighted by Gasteiger charge is -2.25. The molecule has 1 saturated heterocycles. The third kappa shape index (κ3) is 4.04. The predicted molar refractivity (Wildman–Crippen MR) is 72.7 cm³/mol. The Morgan fingerprint density at radius 3 is 2.89 bits per heavy atom. The van der Waals surface area contributed by atoms with Gasteiger partial charge in [-0.25, -0.2) is 4.79 Å². The lowest BCUT2D eigenvalue weighted by Crippen LogP contribution is -2.35. The van der Waals surface area contributed by atoms with E-state index in [1.54, 1.807) is 0 Å². The van der Waals surface area contributed by atoms with E-state index in [0.717, 1.165) is 38.2 Å². The number of rotatable bonds is 5. The minimum Gasteiger partial charge on any atom is -0.468 e. The van der Waals surface area contributed by atoms with E-state index in [1.165, 1.54) is 7.11 Å². The maximum absolute atomic E-state index is 11.9. The SMILES string of the molecule is COC(=O)C(NCC1CCCOC1)c1ccccc1. The van der Waals surface area contributed by atoms with E-state index in [1.807, 2.05) is 30.3 Å². The Bertz CT molecular complexity index is 388. The Labute approximate surface area is 114 Å². The highest BCUT2D eigenvalue weighted by Crippen LogP contribution is 2.17. The molecule has 104 valence electrons. The van der Waals surface area contributed by atoms with Gasteiger partial charge in [-0.05, 0) is 24.3 Å². The van der Waals surface area contributed by atoms with Crippen LogP contribution in [0.25, 0.3) is 0 Å². The van der Waals surface area contributed by atoms with E-state index >= 15 is 0 Å². The molecule has 0 bridgehead atoms. The Kier molecular flexibility index (Phi) is 5.36. The Morgan fingerprint density at radius 1 is 1.47 bits per heavy atom. The van der Waals surface area contributed by atoms with E-state index in [4.69, 9.17) is 9.47 Å². The molecule has 1 N–H and O–H groups in total. The van der Waals surface area contributed by atoms with Gasteiger partial charge < -0.3 is 14.8 Å². The van der Waals surface area contributed by atoms with Gasteiger partial charge in [-0.15, -0.1) is 0 Å². The summed E-state index contributed by atoms with van der Waals surface area (Å²) in [6.45, 7) is 2.40. The largest absolute Gasteiger partial charge is 0.468 e. The second-order valence-electron chi connectivity index (χ2n) is 4.86. The number of carbonyl (C=O) groups is 1. The molecule has 2 unspecified atom stereocenters. The Morgan fingerprint density at radius 2 is 2.26 bits per heavy atom. The van der Waals surface area contributed by atoms with Crippen LogP contribution in [0.4, 0.5) is 0 Å². The smallest absolute Gasteiger partial charge is 0.327 e. The molecule has 1 aliphatic rings. The molecule has 0 radical (unpaired) electrons. The lowest BCUT2D eigenvalue weighted by atomic mass is 10.0. The summed E-state index contributed by atoms with van der Waals surface area (Å²) in [7, 11) is 1.42. The molecule has 1 aromatic rings. The molecule has 1 aromatic carbocycles. The standard InChI is InChI=1S/C15H21NO3/c1-18-15(17)14(13-7-3-2-4-8-13)16-10-12-6-5-9-19-11-12/h2-4,7-8,12,14,16H,5-6,9-11H2,1H3. The molecule has 0 aromatic heterocycles. The van der Waals surface area contributed by atoms with E-state index in [9.17, 15) is 4.79 Å². The van der Waals surface area contributed by atoms with Gasteiger partial charge in [0.2, 0.25) is 0 Å². The van der Waals surface area contributed by atoms with Crippen molar-refractivity contribution in [1.82, 2.24) is 5.32 Å². The molecule has 0 saturated carbocycles. The zero-order valence-corrected chi connectivity index (χ0v) is 11.3. The molecular weight excluding hydrogens is 242 g/mol. The number of esters is 1. The van der Waals surface area contributed by atoms with Gasteiger partial charge in [0.05, 0.1) is 13.7 Å². The van der Waals surface area contributed by atoms with Gasteiger partial charge in [0.25, 0.3) is 0 Å². The molecule has 4 heteroatoms. The first-order valence-electron chi connectivity index (χ1n) is 6.75. The van der Waals surface area contributed by atoms with Gasteiger partial charge in [0.15, 0.2) is 0 Å². The summed E-state index contributed by atoms with van der Waals surface area (Å²) in [4.78, 5) is 11.9. The second-order valence-corrected chi connectivity index (χ2v) is 4.86. The molecule has 2 rings (SSSR count). The second kappa shape index (κ2) is 7.26. The quantitative estimate of drug-likeness (QED) is 0.824. The first kappa shape index (κ1) is 14.0. The molecule has 2 atom stereocenters. The summed E-state index contributed by atoms with van der Waals surface area (Å²) in [5.41, 5.74) is 0.936. The molecule has 4 nitrogen and oxygen atoms in total. The molecule has 0 spiro atoms. The predicted octanol–water partition coefficient (Wildman–Crippen LogP) is 1.92. The van der Waals surface area contributed by atoms with Crippen molar-refractivity contribution in [2.45, 2.75) is 18.9 Å². The number of hydrogen-bond acceptors (Lipinski definition) is 4. The molecule has 1 fully saturated rings. The van der Waals surface area contributed by atoms with Gasteiger partial charge in [0, 0.05) is 13.2 Å². The minimum atomic E-state index is -0.395. The van der Waals surface area contributed by atoms with Gasteiger partial charge >= 0.3 is 5.97 Å². The number of carbonyl (C=O) groups excluding carboxylic acids is 1. The molecule has 1 aliphatic heterocycles. The fourth-order valence-electron chi connectivity index (χ4n) is 2.35. The third-order valence-corrected chi connectivity index (χ3v) is 3.44. The zero-order chi connectivity index (χ0) is 13.5. The van der Waals surface area contributed by atoms with E-state index in [-0.39, 0.29) is 5.97 Å². The van der Waals surface area contributed by atoms with Crippen molar-refractivity contribution in [1.29, 1.82) is 0 Å². The van der Waals surface area contributed by atoms with Crippen molar-refractivity contribution in [3.8, 4) is 0 Å². The van der Waals surface area contributed by atoms with Crippen LogP contribution >= 0.6 is 0 Å². The maximum Gasteiger partial charge on any atom is 0.327 e. The fourth-order valence-corrected chi connectivity index (χ4v) is 2.35. The van der Waals surface area contributed by atoms with Crippen LogP contribution in [-0.4, -0.2) is 32.8 Å². The van der Waals surface area contributed by atoms with Crippen molar-refractivity contribution in [2.24, 2.45) is 5.92 Å². The number of methoxy groups -OCH3 is 1. The number of nitrogens with one attached hydrogen (secondary N) is 1. The normalized spacial score (nSPS) is 20.8. The van der Waals surface area contributed by atoms with Crippen molar-refractivity contribution in [2.75, 3.05) is 26.9 Å². The highest BCUT2D eigenvalue weighted by Gasteiger charge is 2.22. The first-order chi connectivity index (χ1) is 9.31. The maximum atomic E-state index is 11.9. The van der Waals surface area contributed by atoms with Crippen LogP contribution in [0.3, 0.4) is 0 Å². The van der Waals surface area contributed by atoms with Crippen LogP contribution in [0, 0.1) is 5.92 Å². The van der Waals surface area contributed by atoms with Crippen LogP contribution in [0.2, 0.25) is 0 Å². The van der Waals surface area contributed by atoms with Crippen LogP contribution in [-0.2, 0) is 14.3 Å². The van der Waals surface area contributed by atoms with E-state index in [0.29, 0.717) is 5.92 Å². The van der Waals surface area contributed by atoms with Crippen LogP contribution < -0.4 is 5.32 Å². The zero-order valence-electron chi connectivity index (χ0n) is 11.3. The van der Waals surface area contributed by atoms with Crippen LogP contribution in [0.5, 0.6) is 0 Å². The average Bonchev–Trinajstić information content (AvgIpc) is 2.49. The summed E-state index contributed by atoms with van der Waals surface area (Å²) in [6.07, 6.45) is 2.25. The van der Waals surface area contributed by atoms with Crippen molar-refractivity contribution >= 4 is 5.97 Å². The number of hydrogen-bond donors (Lipinski definition) is 1. The highest BCUT2D eigenvalue weighted by molar-refractivity contribution is 5.77. The third-order valence-electron chi connectivity index (χ3n) is 3.44. The summed E-state index contributed by atoms with van der Waals surface area (Å²) in [5, 5.41) is 3.30. The number of ether oxygens (including phenoxy) is 2. The summed E-state index contributed by atoms with van der Waals surface area (Å²) in [5.74, 6) is 0.229. The van der Waals surface area contributed by atoms with Gasteiger partial charge in [-0.3, -0.25) is 0 Å². The highest BCUT2D eigenvalue weighted by atomic mass is 16.5. The summed E-state index contributed by atoms with van der Waals surface area (Å²) in [6, 6.07) is 9.27. The first-order valence-corrected chi connectivity index (χ1v) is 6.75. The molecule has 0 amide bonds. The fraction of sp³-hybridized carbons (Fsp3) is 0.533. The summed E-state index contributed by atoms with van der Waals surface area (Å²) < 4.78 is 10.3. The number of benzene rings is 1. The molecule has 0 aliphatic carbocycles. The van der Waals surface area contributed by atoms with Crippen molar-refractivity contribution in [3.63, 3.8) is 0 Å². The Balaban J connectivity index is 1.96. The summed E-state index contributed by atoms with van der Waals surface area (Å²) >= 11 is 0. The van der Waals surface area contributed by atoms with Crippen LogP contribution in [0.15, 0.2) is 30.3 Å².